The molecule has 0 unspecified atom stereocenters. The fourth-order valence-corrected chi connectivity index (χ4v) is 4.43. The monoisotopic (exact) mass is 618 g/mol. The Kier molecular flexibility index (Phi) is 9.89. The van der Waals surface area contributed by atoms with Crippen LogP contribution in [0.2, 0.25) is 0 Å². The molecule has 2 aliphatic rings. The molecule has 0 radical (unpaired) electrons. The molecule has 0 saturated carbocycles. The van der Waals surface area contributed by atoms with Gasteiger partial charge in [-0.1, -0.05) is 36.4 Å². The van der Waals surface area contributed by atoms with E-state index in [1.807, 2.05) is 60.7 Å². The van der Waals surface area contributed by atoms with Gasteiger partial charge in [-0.3, -0.25) is 0 Å². The number of cyclic esters (lactones) is 2. The SMILES string of the molecule is COc1ccc(OC)c(/C=C2\N=C(c3ccccc3)OC2=O)c1.COc1ccc(OC)c(/C=C2\N=C(c3ccccc3)OC2=O)c1. The number of benzene rings is 4. The summed E-state index contributed by atoms with van der Waals surface area (Å²) in [7, 11) is 6.29. The van der Waals surface area contributed by atoms with Gasteiger partial charge in [0.2, 0.25) is 11.8 Å². The standard InChI is InChI=1S/2C18H15NO4/c2*1-21-14-8-9-16(22-2)13(10-14)11-15-18(20)23-17(19-15)12-6-4-3-5-7-12/h2*3-11H,1-2H3/b2*15-11-. The first-order valence-electron chi connectivity index (χ1n) is 14.0. The zero-order valence-corrected chi connectivity index (χ0v) is 25.6. The summed E-state index contributed by atoms with van der Waals surface area (Å²) in [6.07, 6.45) is 3.25. The predicted molar refractivity (Wildman–Crippen MR) is 173 cm³/mol. The molecule has 0 aromatic heterocycles. The van der Waals surface area contributed by atoms with Crippen LogP contribution in [-0.4, -0.2) is 52.2 Å². The summed E-state index contributed by atoms with van der Waals surface area (Å²) in [5.41, 5.74) is 3.32. The van der Waals surface area contributed by atoms with Gasteiger partial charge in [0, 0.05) is 22.3 Å². The minimum atomic E-state index is -0.492. The second-order valence-electron chi connectivity index (χ2n) is 9.62. The van der Waals surface area contributed by atoms with E-state index in [0.717, 1.165) is 11.1 Å². The van der Waals surface area contributed by atoms with Crippen molar-refractivity contribution >= 4 is 35.9 Å². The van der Waals surface area contributed by atoms with Gasteiger partial charge in [0.15, 0.2) is 11.4 Å². The lowest BCUT2D eigenvalue weighted by Crippen LogP contribution is -2.05. The molecule has 46 heavy (non-hydrogen) atoms. The summed E-state index contributed by atoms with van der Waals surface area (Å²) < 4.78 is 31.5. The molecule has 10 heteroatoms. The van der Waals surface area contributed by atoms with Gasteiger partial charge in [-0.2, -0.15) is 0 Å². The molecule has 0 N–H and O–H groups in total. The van der Waals surface area contributed by atoms with Crippen LogP contribution in [0.3, 0.4) is 0 Å². The number of methoxy groups -OCH3 is 4. The molecule has 6 rings (SSSR count). The van der Waals surface area contributed by atoms with Gasteiger partial charge in [-0.25, -0.2) is 19.6 Å². The smallest absolute Gasteiger partial charge is 0.363 e. The molecule has 232 valence electrons. The number of carbonyl (C=O) groups excluding carboxylic acids is 2. The van der Waals surface area contributed by atoms with Crippen molar-refractivity contribution in [3.8, 4) is 23.0 Å². The number of nitrogens with zero attached hydrogens (tertiary/aromatic N) is 2. The third-order valence-corrected chi connectivity index (χ3v) is 6.74. The first-order valence-corrected chi connectivity index (χ1v) is 14.0. The van der Waals surface area contributed by atoms with Gasteiger partial charge < -0.3 is 28.4 Å². The molecule has 0 saturated heterocycles. The molecule has 0 fully saturated rings. The topological polar surface area (TPSA) is 114 Å². The largest absolute Gasteiger partial charge is 0.497 e. The lowest BCUT2D eigenvalue weighted by atomic mass is 10.1. The zero-order chi connectivity index (χ0) is 32.5. The van der Waals surface area contributed by atoms with Crippen LogP contribution in [0.25, 0.3) is 12.2 Å². The second-order valence-corrected chi connectivity index (χ2v) is 9.62. The van der Waals surface area contributed by atoms with E-state index >= 15 is 0 Å². The van der Waals surface area contributed by atoms with E-state index in [4.69, 9.17) is 28.4 Å². The molecule has 4 aromatic carbocycles. The van der Waals surface area contributed by atoms with Crippen molar-refractivity contribution in [3.63, 3.8) is 0 Å². The van der Waals surface area contributed by atoms with Crippen LogP contribution < -0.4 is 18.9 Å². The van der Waals surface area contributed by atoms with Crippen molar-refractivity contribution < 1.29 is 38.0 Å². The second kappa shape index (κ2) is 14.5. The van der Waals surface area contributed by atoms with Gasteiger partial charge in [-0.05, 0) is 72.8 Å². The van der Waals surface area contributed by atoms with E-state index in [2.05, 4.69) is 9.98 Å². The molecule has 2 heterocycles. The van der Waals surface area contributed by atoms with Gasteiger partial charge in [0.25, 0.3) is 0 Å². The minimum absolute atomic E-state index is 0.218. The van der Waals surface area contributed by atoms with E-state index in [-0.39, 0.29) is 11.4 Å². The number of esters is 2. The Morgan fingerprint density at radius 2 is 0.913 bits per heavy atom. The van der Waals surface area contributed by atoms with Crippen LogP contribution in [0.4, 0.5) is 0 Å². The molecule has 0 atom stereocenters. The molecule has 10 nitrogen and oxygen atoms in total. The Labute approximate surface area is 265 Å². The van der Waals surface area contributed by atoms with Crippen LogP contribution in [0, 0.1) is 0 Å². The Bertz CT molecular complexity index is 1720. The number of ether oxygens (including phenoxy) is 6. The Morgan fingerprint density at radius 1 is 0.522 bits per heavy atom. The van der Waals surface area contributed by atoms with Crippen LogP contribution in [0.1, 0.15) is 22.3 Å². The quantitative estimate of drug-likeness (QED) is 0.172. The maximum Gasteiger partial charge on any atom is 0.363 e. The summed E-state index contributed by atoms with van der Waals surface area (Å²) in [5, 5.41) is 0. The fourth-order valence-electron chi connectivity index (χ4n) is 4.43. The molecule has 0 spiro atoms. The lowest BCUT2D eigenvalue weighted by molar-refractivity contribution is -0.130. The third-order valence-electron chi connectivity index (χ3n) is 6.74. The number of aliphatic imine (C=N–C) groups is 2. The Morgan fingerprint density at radius 3 is 1.26 bits per heavy atom. The summed E-state index contributed by atoms with van der Waals surface area (Å²) in [6.45, 7) is 0. The highest BCUT2D eigenvalue weighted by Gasteiger charge is 2.25. The van der Waals surface area contributed by atoms with Crippen molar-refractivity contribution in [1.29, 1.82) is 0 Å². The van der Waals surface area contributed by atoms with Gasteiger partial charge in [-0.15, -0.1) is 0 Å². The summed E-state index contributed by atoms with van der Waals surface area (Å²) >= 11 is 0. The van der Waals surface area contributed by atoms with Crippen LogP contribution in [0.5, 0.6) is 23.0 Å². The number of hydrogen-bond donors (Lipinski definition) is 0. The summed E-state index contributed by atoms with van der Waals surface area (Å²) in [6, 6.07) is 29.2. The summed E-state index contributed by atoms with van der Waals surface area (Å²) in [4.78, 5) is 32.6. The van der Waals surface area contributed by atoms with Crippen LogP contribution in [0.15, 0.2) is 118 Å². The van der Waals surface area contributed by atoms with Crippen molar-refractivity contribution in [2.75, 3.05) is 28.4 Å². The molecule has 0 amide bonds. The van der Waals surface area contributed by atoms with Crippen molar-refractivity contribution in [3.05, 3.63) is 131 Å². The number of hydrogen-bond acceptors (Lipinski definition) is 10. The van der Waals surface area contributed by atoms with Gasteiger partial charge in [0.1, 0.15) is 23.0 Å². The molecular formula is C36H30N2O8. The van der Waals surface area contributed by atoms with E-state index in [0.29, 0.717) is 45.9 Å². The molecule has 4 aromatic rings. The van der Waals surface area contributed by atoms with Gasteiger partial charge in [0.05, 0.1) is 28.4 Å². The molecule has 2 aliphatic heterocycles. The van der Waals surface area contributed by atoms with Crippen LogP contribution >= 0.6 is 0 Å². The highest BCUT2D eigenvalue weighted by molar-refractivity contribution is 6.13. The summed E-state index contributed by atoms with van der Waals surface area (Å²) in [5.74, 6) is 2.17. The molecule has 0 bridgehead atoms. The number of rotatable bonds is 8. The molecule has 0 aliphatic carbocycles. The lowest BCUT2D eigenvalue weighted by Gasteiger charge is -2.07. The third kappa shape index (κ3) is 7.31. The highest BCUT2D eigenvalue weighted by atomic mass is 16.6. The Hall–Kier alpha value is -6.16. The molecular weight excluding hydrogens is 588 g/mol. The predicted octanol–water partition coefficient (Wildman–Crippen LogP) is 6.10. The number of carbonyl (C=O) groups is 2. The zero-order valence-electron chi connectivity index (χ0n) is 25.6. The van der Waals surface area contributed by atoms with Crippen molar-refractivity contribution in [1.82, 2.24) is 0 Å². The average molecular weight is 619 g/mol. The normalized spacial score (nSPS) is 15.3. The van der Waals surface area contributed by atoms with Gasteiger partial charge >= 0.3 is 11.9 Å². The first-order chi connectivity index (χ1) is 22.4. The minimum Gasteiger partial charge on any atom is -0.497 e. The van der Waals surface area contributed by atoms with E-state index in [1.165, 1.54) is 0 Å². The van der Waals surface area contributed by atoms with E-state index in [1.54, 1.807) is 77.0 Å². The maximum absolute atomic E-state index is 12.0. The van der Waals surface area contributed by atoms with E-state index < -0.39 is 11.9 Å². The van der Waals surface area contributed by atoms with Crippen LogP contribution in [-0.2, 0) is 19.1 Å². The van der Waals surface area contributed by atoms with E-state index in [9.17, 15) is 9.59 Å². The maximum atomic E-state index is 12.0. The van der Waals surface area contributed by atoms with Crippen molar-refractivity contribution in [2.24, 2.45) is 9.98 Å². The Balaban J connectivity index is 0.000000181. The van der Waals surface area contributed by atoms with Crippen molar-refractivity contribution in [2.45, 2.75) is 0 Å². The average Bonchev–Trinajstić information content (AvgIpc) is 3.66. The fraction of sp³-hybridized carbons (Fsp3) is 0.111. The highest BCUT2D eigenvalue weighted by Crippen LogP contribution is 2.29. The first kappa shape index (κ1) is 31.3.